The molecule has 2 aliphatic heterocycles. The van der Waals surface area contributed by atoms with Crippen LogP contribution in [0.15, 0.2) is 6.07 Å². The molecule has 2 fully saturated rings. The molecule has 2 aliphatic rings. The van der Waals surface area contributed by atoms with Crippen molar-refractivity contribution in [2.24, 2.45) is 0 Å². The monoisotopic (exact) mass is 424 g/mol. The Kier molecular flexibility index (Phi) is 6.65. The minimum Gasteiger partial charge on any atom is -0.474 e. The van der Waals surface area contributed by atoms with E-state index >= 15 is 0 Å². The molecule has 0 saturated carbocycles. The van der Waals surface area contributed by atoms with E-state index in [1.165, 1.54) is 12.8 Å². The second kappa shape index (κ2) is 9.60. The van der Waals surface area contributed by atoms with Crippen LogP contribution in [0.1, 0.15) is 48.6 Å². The maximum absolute atomic E-state index is 6.20. The summed E-state index contributed by atoms with van der Waals surface area (Å²) < 4.78 is 11.7. The number of hydrogen-bond donors (Lipinski definition) is 0. The van der Waals surface area contributed by atoms with E-state index in [2.05, 4.69) is 19.9 Å². The summed E-state index contributed by atoms with van der Waals surface area (Å²) in [7, 11) is 3.98. The van der Waals surface area contributed by atoms with Gasteiger partial charge in [-0.3, -0.25) is 0 Å². The number of rotatable bonds is 6. The topological polar surface area (TPSA) is 76.5 Å². The molecule has 31 heavy (non-hydrogen) atoms. The van der Waals surface area contributed by atoms with Crippen molar-refractivity contribution in [3.05, 3.63) is 29.0 Å². The van der Waals surface area contributed by atoms with E-state index < -0.39 is 0 Å². The zero-order valence-electron chi connectivity index (χ0n) is 19.0. The van der Waals surface area contributed by atoms with Crippen LogP contribution in [0.5, 0.6) is 5.88 Å². The Morgan fingerprint density at radius 2 is 1.68 bits per heavy atom. The summed E-state index contributed by atoms with van der Waals surface area (Å²) in [6, 6.07) is 1.97. The lowest BCUT2D eigenvalue weighted by Crippen LogP contribution is -2.26. The highest BCUT2D eigenvalue weighted by molar-refractivity contribution is 5.65. The molecule has 0 atom stereocenters. The zero-order chi connectivity index (χ0) is 21.8. The van der Waals surface area contributed by atoms with Gasteiger partial charge in [-0.1, -0.05) is 0 Å². The van der Waals surface area contributed by atoms with Crippen molar-refractivity contribution >= 4 is 23.8 Å². The second-order valence-electron chi connectivity index (χ2n) is 8.39. The summed E-state index contributed by atoms with van der Waals surface area (Å²) in [5.41, 5.74) is 2.05. The van der Waals surface area contributed by atoms with Gasteiger partial charge in [-0.15, -0.1) is 0 Å². The van der Waals surface area contributed by atoms with Crippen LogP contribution >= 0.6 is 0 Å². The Morgan fingerprint density at radius 3 is 2.35 bits per heavy atom. The molecular formula is C23H32N6O2. The molecule has 0 bridgehead atoms. The first kappa shape index (κ1) is 21.5. The van der Waals surface area contributed by atoms with Gasteiger partial charge >= 0.3 is 0 Å². The predicted molar refractivity (Wildman–Crippen MR) is 123 cm³/mol. The summed E-state index contributed by atoms with van der Waals surface area (Å²) in [5, 5.41) is 0. The first-order chi connectivity index (χ1) is 15.0. The zero-order valence-corrected chi connectivity index (χ0v) is 19.0. The summed E-state index contributed by atoms with van der Waals surface area (Å²) in [6.07, 6.45) is 8.04. The third-order valence-corrected chi connectivity index (χ3v) is 5.78. The van der Waals surface area contributed by atoms with E-state index in [0.29, 0.717) is 17.5 Å². The van der Waals surface area contributed by atoms with Crippen molar-refractivity contribution in [2.75, 3.05) is 50.2 Å². The van der Waals surface area contributed by atoms with Gasteiger partial charge in [0.15, 0.2) is 11.6 Å². The Bertz CT molecular complexity index is 934. The van der Waals surface area contributed by atoms with Crippen LogP contribution in [0.3, 0.4) is 0 Å². The van der Waals surface area contributed by atoms with E-state index in [1.807, 2.05) is 51.1 Å². The quantitative estimate of drug-likeness (QED) is 0.699. The van der Waals surface area contributed by atoms with E-state index in [0.717, 1.165) is 62.0 Å². The SMILES string of the molecule is Cc1nc(/C=C/c2nc(OC3CCOCC3)cc(N3CCCC3)n2)nc(N(C)C)c1C. The standard InChI is InChI=1S/C23H32N6O2/c1-16-17(2)24-19(27-23(16)28(3)4)7-8-20-25-21(29-11-5-6-12-29)15-22(26-20)31-18-9-13-30-14-10-18/h7-8,15,18H,5-6,9-14H2,1-4H3/b8-7+. The van der Waals surface area contributed by atoms with E-state index in [-0.39, 0.29) is 6.10 Å². The van der Waals surface area contributed by atoms with Gasteiger partial charge in [-0.2, -0.15) is 4.98 Å². The fourth-order valence-corrected chi connectivity index (χ4v) is 3.93. The molecule has 0 N–H and O–H groups in total. The highest BCUT2D eigenvalue weighted by Crippen LogP contribution is 2.25. The fourth-order valence-electron chi connectivity index (χ4n) is 3.93. The summed E-state index contributed by atoms with van der Waals surface area (Å²) in [4.78, 5) is 23.0. The molecule has 8 heteroatoms. The van der Waals surface area contributed by atoms with Crippen molar-refractivity contribution < 1.29 is 9.47 Å². The lowest BCUT2D eigenvalue weighted by atomic mass is 10.1. The first-order valence-electron chi connectivity index (χ1n) is 11.1. The molecular weight excluding hydrogens is 392 g/mol. The molecule has 4 rings (SSSR count). The maximum Gasteiger partial charge on any atom is 0.219 e. The van der Waals surface area contributed by atoms with Gasteiger partial charge in [0.05, 0.1) is 13.2 Å². The predicted octanol–water partition coefficient (Wildman–Crippen LogP) is 3.28. The van der Waals surface area contributed by atoms with Gasteiger partial charge in [-0.25, -0.2) is 15.0 Å². The minimum atomic E-state index is 0.137. The molecule has 0 spiro atoms. The highest BCUT2D eigenvalue weighted by atomic mass is 16.5. The van der Waals surface area contributed by atoms with Gasteiger partial charge in [-0.05, 0) is 38.8 Å². The van der Waals surface area contributed by atoms with Crippen LogP contribution in [0.4, 0.5) is 11.6 Å². The van der Waals surface area contributed by atoms with Crippen LogP contribution in [0.2, 0.25) is 0 Å². The molecule has 0 radical (unpaired) electrons. The molecule has 0 unspecified atom stereocenters. The number of anilines is 2. The molecule has 4 heterocycles. The number of aromatic nitrogens is 4. The van der Waals surface area contributed by atoms with Crippen LogP contribution in [0, 0.1) is 13.8 Å². The molecule has 0 aromatic carbocycles. The van der Waals surface area contributed by atoms with E-state index in [1.54, 1.807) is 0 Å². The molecule has 2 aromatic rings. The minimum absolute atomic E-state index is 0.137. The van der Waals surface area contributed by atoms with Crippen molar-refractivity contribution in [3.63, 3.8) is 0 Å². The van der Waals surface area contributed by atoms with Gasteiger partial charge in [0, 0.05) is 57.4 Å². The number of ether oxygens (including phenoxy) is 2. The average molecular weight is 425 g/mol. The summed E-state index contributed by atoms with van der Waals surface area (Å²) in [5.74, 6) is 3.72. The molecule has 2 aromatic heterocycles. The van der Waals surface area contributed by atoms with Gasteiger partial charge < -0.3 is 19.3 Å². The summed E-state index contributed by atoms with van der Waals surface area (Å²) in [6.45, 7) is 7.55. The Morgan fingerprint density at radius 1 is 1.00 bits per heavy atom. The lowest BCUT2D eigenvalue weighted by Gasteiger charge is -2.24. The van der Waals surface area contributed by atoms with E-state index in [4.69, 9.17) is 14.5 Å². The smallest absolute Gasteiger partial charge is 0.219 e. The Balaban J connectivity index is 1.61. The number of hydrogen-bond acceptors (Lipinski definition) is 8. The second-order valence-corrected chi connectivity index (χ2v) is 8.39. The average Bonchev–Trinajstić information content (AvgIpc) is 3.30. The number of aryl methyl sites for hydroxylation is 1. The molecule has 0 aliphatic carbocycles. The van der Waals surface area contributed by atoms with Gasteiger partial charge in [0.25, 0.3) is 0 Å². The van der Waals surface area contributed by atoms with Crippen LogP contribution < -0.4 is 14.5 Å². The third-order valence-electron chi connectivity index (χ3n) is 5.78. The van der Waals surface area contributed by atoms with Crippen molar-refractivity contribution in [3.8, 4) is 5.88 Å². The van der Waals surface area contributed by atoms with Crippen molar-refractivity contribution in [2.45, 2.75) is 45.6 Å². The van der Waals surface area contributed by atoms with Gasteiger partial charge in [0.2, 0.25) is 5.88 Å². The summed E-state index contributed by atoms with van der Waals surface area (Å²) >= 11 is 0. The first-order valence-corrected chi connectivity index (χ1v) is 11.1. The van der Waals surface area contributed by atoms with Crippen LogP contribution in [-0.4, -0.2) is 66.4 Å². The lowest BCUT2D eigenvalue weighted by molar-refractivity contribution is 0.0237. The van der Waals surface area contributed by atoms with Crippen LogP contribution in [0.25, 0.3) is 12.2 Å². The molecule has 166 valence electrons. The normalized spacial score (nSPS) is 17.5. The highest BCUT2D eigenvalue weighted by Gasteiger charge is 2.19. The van der Waals surface area contributed by atoms with Crippen molar-refractivity contribution in [1.82, 2.24) is 19.9 Å². The Hall–Kier alpha value is -2.74. The Labute approximate surface area is 184 Å². The van der Waals surface area contributed by atoms with Crippen LogP contribution in [-0.2, 0) is 4.74 Å². The molecule has 2 saturated heterocycles. The molecule has 0 amide bonds. The third kappa shape index (κ3) is 5.31. The van der Waals surface area contributed by atoms with E-state index in [9.17, 15) is 0 Å². The maximum atomic E-state index is 6.20. The fraction of sp³-hybridized carbons (Fsp3) is 0.565. The number of nitrogens with zero attached hydrogens (tertiary/aromatic N) is 6. The molecule has 8 nitrogen and oxygen atoms in total. The van der Waals surface area contributed by atoms with Crippen molar-refractivity contribution in [1.29, 1.82) is 0 Å². The largest absolute Gasteiger partial charge is 0.474 e. The van der Waals surface area contributed by atoms with Gasteiger partial charge in [0.1, 0.15) is 17.7 Å².